The van der Waals surface area contributed by atoms with Crippen LogP contribution >= 0.6 is 11.3 Å². The molecule has 1 aliphatic heterocycles. The fourth-order valence-electron chi connectivity index (χ4n) is 3.96. The lowest BCUT2D eigenvalue weighted by molar-refractivity contribution is 0.0715. The number of carbonyl (C=O) groups excluding carboxylic acids is 1. The van der Waals surface area contributed by atoms with E-state index in [9.17, 15) is 9.59 Å². The van der Waals surface area contributed by atoms with E-state index in [4.69, 9.17) is 5.10 Å². The van der Waals surface area contributed by atoms with Gasteiger partial charge in [-0.25, -0.2) is 9.48 Å². The number of hydrogen-bond donors (Lipinski definition) is 0. The molecule has 0 saturated carbocycles. The minimum atomic E-state index is -0.0566. The zero-order valence-corrected chi connectivity index (χ0v) is 17.7. The summed E-state index contributed by atoms with van der Waals surface area (Å²) in [4.78, 5) is 28.3. The number of likely N-dealkylation sites (tertiary alicyclic amines) is 1. The molecule has 4 rings (SSSR count). The number of aromatic nitrogens is 3. The monoisotopic (exact) mass is 410 g/mol. The first-order chi connectivity index (χ1) is 14.1. The van der Waals surface area contributed by atoms with Crippen molar-refractivity contribution in [2.75, 3.05) is 13.1 Å². The standard InChI is InChI=1S/C22H26N4O2S/c1-3-25-20(23-26(22(25)28)14-17-7-5-4-6-8-17)18-9-11-24(12-10-18)21(27)19-13-16(2)15-29-19/h4-8,13,15,18H,3,9-12,14H2,1-2H3. The van der Waals surface area contributed by atoms with E-state index >= 15 is 0 Å². The van der Waals surface area contributed by atoms with Crippen LogP contribution in [0.5, 0.6) is 0 Å². The van der Waals surface area contributed by atoms with Crippen LogP contribution in [-0.4, -0.2) is 38.2 Å². The topological polar surface area (TPSA) is 60.1 Å². The van der Waals surface area contributed by atoms with Crippen LogP contribution in [0.25, 0.3) is 0 Å². The van der Waals surface area contributed by atoms with Crippen LogP contribution in [0.2, 0.25) is 0 Å². The van der Waals surface area contributed by atoms with Gasteiger partial charge in [0.2, 0.25) is 0 Å². The van der Waals surface area contributed by atoms with Crippen molar-refractivity contribution in [3.05, 3.63) is 74.1 Å². The van der Waals surface area contributed by atoms with E-state index < -0.39 is 0 Å². The highest BCUT2D eigenvalue weighted by molar-refractivity contribution is 7.12. The van der Waals surface area contributed by atoms with E-state index in [2.05, 4.69) is 0 Å². The van der Waals surface area contributed by atoms with E-state index in [0.29, 0.717) is 26.2 Å². The zero-order valence-electron chi connectivity index (χ0n) is 16.9. The van der Waals surface area contributed by atoms with Gasteiger partial charge in [0.05, 0.1) is 11.4 Å². The number of aryl methyl sites for hydroxylation is 1. The Balaban J connectivity index is 1.48. The van der Waals surface area contributed by atoms with Gasteiger partial charge >= 0.3 is 5.69 Å². The first kappa shape index (κ1) is 19.6. The van der Waals surface area contributed by atoms with Crippen LogP contribution in [0.4, 0.5) is 0 Å². The third-order valence-corrected chi connectivity index (χ3v) is 6.57. The van der Waals surface area contributed by atoms with Gasteiger partial charge in [0, 0.05) is 25.6 Å². The average molecular weight is 411 g/mol. The smallest absolute Gasteiger partial charge is 0.338 e. The van der Waals surface area contributed by atoms with Crippen molar-refractivity contribution in [2.45, 2.75) is 45.7 Å². The fraction of sp³-hybridized carbons (Fsp3) is 0.409. The minimum Gasteiger partial charge on any atom is -0.338 e. The highest BCUT2D eigenvalue weighted by atomic mass is 32.1. The molecule has 7 heteroatoms. The molecule has 152 valence electrons. The first-order valence-corrected chi connectivity index (χ1v) is 11.0. The summed E-state index contributed by atoms with van der Waals surface area (Å²) >= 11 is 1.51. The third-order valence-electron chi connectivity index (χ3n) is 5.53. The van der Waals surface area contributed by atoms with E-state index in [-0.39, 0.29) is 17.5 Å². The summed E-state index contributed by atoms with van der Waals surface area (Å²) in [7, 11) is 0. The van der Waals surface area contributed by atoms with Crippen molar-refractivity contribution in [1.29, 1.82) is 0 Å². The van der Waals surface area contributed by atoms with Crippen molar-refractivity contribution in [1.82, 2.24) is 19.2 Å². The number of piperidine rings is 1. The quantitative estimate of drug-likeness (QED) is 0.647. The maximum absolute atomic E-state index is 12.8. The van der Waals surface area contributed by atoms with Crippen LogP contribution in [0.1, 0.15) is 52.3 Å². The predicted molar refractivity (Wildman–Crippen MR) is 115 cm³/mol. The Hall–Kier alpha value is -2.67. The summed E-state index contributed by atoms with van der Waals surface area (Å²) < 4.78 is 3.35. The Kier molecular flexibility index (Phi) is 5.67. The molecule has 1 aliphatic rings. The lowest BCUT2D eigenvalue weighted by atomic mass is 9.95. The molecule has 0 spiro atoms. The molecule has 0 N–H and O–H groups in total. The van der Waals surface area contributed by atoms with Crippen LogP contribution in [0.3, 0.4) is 0 Å². The van der Waals surface area contributed by atoms with Gasteiger partial charge in [-0.1, -0.05) is 30.3 Å². The molecule has 1 aromatic carbocycles. The van der Waals surface area contributed by atoms with Gasteiger partial charge < -0.3 is 4.90 Å². The molecule has 2 aromatic heterocycles. The first-order valence-electron chi connectivity index (χ1n) is 10.1. The van der Waals surface area contributed by atoms with E-state index in [1.807, 2.05) is 60.5 Å². The number of benzene rings is 1. The zero-order chi connectivity index (χ0) is 20.4. The van der Waals surface area contributed by atoms with Gasteiger partial charge in [-0.2, -0.15) is 5.10 Å². The Morgan fingerprint density at radius 2 is 1.93 bits per heavy atom. The molecule has 6 nitrogen and oxygen atoms in total. The second kappa shape index (κ2) is 8.37. The Bertz CT molecular complexity index is 1040. The van der Waals surface area contributed by atoms with Crippen molar-refractivity contribution >= 4 is 17.2 Å². The van der Waals surface area contributed by atoms with Gasteiger partial charge in [0.15, 0.2) is 0 Å². The number of amides is 1. The summed E-state index contributed by atoms with van der Waals surface area (Å²) in [5.74, 6) is 1.17. The van der Waals surface area contributed by atoms with Crippen molar-refractivity contribution < 1.29 is 4.79 Å². The molecular formula is C22H26N4O2S. The molecular weight excluding hydrogens is 384 g/mol. The van der Waals surface area contributed by atoms with Gasteiger partial charge in [-0.05, 0) is 49.3 Å². The lowest BCUT2D eigenvalue weighted by Gasteiger charge is -2.31. The summed E-state index contributed by atoms with van der Waals surface area (Å²) in [6.45, 7) is 6.48. The molecule has 0 aliphatic carbocycles. The maximum Gasteiger partial charge on any atom is 0.346 e. The molecule has 1 fully saturated rings. The molecule has 0 atom stereocenters. The summed E-state index contributed by atoms with van der Waals surface area (Å²) in [6, 6.07) is 11.9. The van der Waals surface area contributed by atoms with Crippen LogP contribution in [0.15, 0.2) is 46.6 Å². The highest BCUT2D eigenvalue weighted by Crippen LogP contribution is 2.28. The number of rotatable bonds is 5. The van der Waals surface area contributed by atoms with Gasteiger partial charge in [0.1, 0.15) is 5.82 Å². The SMILES string of the molecule is CCn1c(C2CCN(C(=O)c3cc(C)cs3)CC2)nn(Cc2ccccc2)c1=O. The molecule has 1 saturated heterocycles. The molecule has 3 heterocycles. The lowest BCUT2D eigenvalue weighted by Crippen LogP contribution is -2.38. The van der Waals surface area contributed by atoms with Crippen molar-refractivity contribution in [3.8, 4) is 0 Å². The molecule has 1 amide bonds. The van der Waals surface area contributed by atoms with Gasteiger partial charge in [-0.3, -0.25) is 9.36 Å². The summed E-state index contributed by atoms with van der Waals surface area (Å²) in [5, 5.41) is 6.71. The normalized spacial score (nSPS) is 15.0. The van der Waals surface area contributed by atoms with Crippen molar-refractivity contribution in [3.63, 3.8) is 0 Å². The molecule has 3 aromatic rings. The number of carbonyl (C=O) groups is 1. The van der Waals surface area contributed by atoms with E-state index in [1.54, 1.807) is 9.25 Å². The summed E-state index contributed by atoms with van der Waals surface area (Å²) in [6.07, 6.45) is 1.66. The maximum atomic E-state index is 12.8. The second-order valence-electron chi connectivity index (χ2n) is 7.58. The predicted octanol–water partition coefficient (Wildman–Crippen LogP) is 3.50. The largest absolute Gasteiger partial charge is 0.346 e. The van der Waals surface area contributed by atoms with E-state index in [1.165, 1.54) is 11.3 Å². The summed E-state index contributed by atoms with van der Waals surface area (Å²) in [5.41, 5.74) is 2.14. The molecule has 0 unspecified atom stereocenters. The van der Waals surface area contributed by atoms with Crippen LogP contribution in [0, 0.1) is 6.92 Å². The van der Waals surface area contributed by atoms with Gasteiger partial charge in [-0.15, -0.1) is 11.3 Å². The van der Waals surface area contributed by atoms with Crippen LogP contribution < -0.4 is 5.69 Å². The Morgan fingerprint density at radius 1 is 1.21 bits per heavy atom. The van der Waals surface area contributed by atoms with Crippen LogP contribution in [-0.2, 0) is 13.1 Å². The minimum absolute atomic E-state index is 0.0566. The van der Waals surface area contributed by atoms with Crippen molar-refractivity contribution in [2.24, 2.45) is 0 Å². The van der Waals surface area contributed by atoms with Gasteiger partial charge in [0.25, 0.3) is 5.91 Å². The third kappa shape index (κ3) is 4.05. The molecule has 29 heavy (non-hydrogen) atoms. The number of thiophene rings is 1. The average Bonchev–Trinajstić information content (AvgIpc) is 3.32. The molecule has 0 radical (unpaired) electrons. The number of hydrogen-bond acceptors (Lipinski definition) is 4. The number of nitrogens with zero attached hydrogens (tertiary/aromatic N) is 4. The highest BCUT2D eigenvalue weighted by Gasteiger charge is 2.29. The fourth-order valence-corrected chi connectivity index (χ4v) is 4.82. The molecule has 0 bridgehead atoms. The second-order valence-corrected chi connectivity index (χ2v) is 8.49. The van der Waals surface area contributed by atoms with E-state index in [0.717, 1.165) is 34.7 Å². The Labute approximate surface area is 174 Å². The Morgan fingerprint density at radius 3 is 2.55 bits per heavy atom.